The number of pyridine rings is 1. The number of halogens is 1. The molecule has 0 bridgehead atoms. The minimum Gasteiger partial charge on any atom is -0.456 e. The number of ether oxygens (including phenoxy) is 3. The fourth-order valence-corrected chi connectivity index (χ4v) is 5.24. The molecule has 9 heteroatoms. The molecule has 2 aromatic carbocycles. The summed E-state index contributed by atoms with van der Waals surface area (Å²) in [6.45, 7) is 3.02. The zero-order valence-corrected chi connectivity index (χ0v) is 20.7. The summed E-state index contributed by atoms with van der Waals surface area (Å²) in [5.74, 6) is 0.652. The average molecular weight is 515 g/mol. The molecule has 186 valence electrons. The first-order valence-corrected chi connectivity index (χ1v) is 12.6. The van der Waals surface area contributed by atoms with E-state index in [1.54, 1.807) is 6.26 Å². The minimum absolute atomic E-state index is 0.0541. The topological polar surface area (TPSA) is 95.3 Å². The van der Waals surface area contributed by atoms with Gasteiger partial charge in [0.05, 0.1) is 28.9 Å². The first-order valence-electron chi connectivity index (χ1n) is 12.2. The van der Waals surface area contributed by atoms with E-state index >= 15 is 0 Å². The zero-order chi connectivity index (χ0) is 24.9. The van der Waals surface area contributed by atoms with Crippen molar-refractivity contribution in [1.82, 2.24) is 19.9 Å². The number of H-pyrrole nitrogens is 1. The Bertz CT molecular complexity index is 1580. The molecule has 0 radical (unpaired) electrons. The Hall–Kier alpha value is -3.72. The van der Waals surface area contributed by atoms with E-state index in [2.05, 4.69) is 39.2 Å². The second-order valence-corrected chi connectivity index (χ2v) is 9.70. The molecule has 1 N–H and O–H groups in total. The third-order valence-electron chi connectivity index (χ3n) is 6.88. The second-order valence-electron chi connectivity index (χ2n) is 9.29. The maximum Gasteiger partial charge on any atom is 0.296 e. The van der Waals surface area contributed by atoms with Crippen molar-refractivity contribution in [3.8, 4) is 39.7 Å². The highest BCUT2D eigenvalue weighted by Crippen LogP contribution is 2.33. The van der Waals surface area contributed by atoms with Crippen molar-refractivity contribution < 1.29 is 18.6 Å². The Morgan fingerprint density at radius 1 is 0.919 bits per heavy atom. The molecule has 3 aromatic heterocycles. The summed E-state index contributed by atoms with van der Waals surface area (Å²) in [5, 5.41) is 0.533. The van der Waals surface area contributed by atoms with Gasteiger partial charge < -0.3 is 23.6 Å². The molecule has 7 rings (SSSR count). The van der Waals surface area contributed by atoms with E-state index in [1.165, 1.54) is 0 Å². The van der Waals surface area contributed by atoms with Crippen LogP contribution in [0.25, 0.3) is 44.8 Å². The molecule has 8 nitrogen and oxygen atoms in total. The van der Waals surface area contributed by atoms with Gasteiger partial charge in [-0.05, 0) is 23.6 Å². The molecule has 3 atom stereocenters. The number of benzene rings is 2. The Morgan fingerprint density at radius 3 is 2.38 bits per heavy atom. The van der Waals surface area contributed by atoms with Crippen LogP contribution in [-0.2, 0) is 9.47 Å². The monoisotopic (exact) mass is 514 g/mol. The highest BCUT2D eigenvalue weighted by molar-refractivity contribution is 6.33. The summed E-state index contributed by atoms with van der Waals surface area (Å²) < 4.78 is 22.9. The highest BCUT2D eigenvalue weighted by Gasteiger charge is 2.43. The summed E-state index contributed by atoms with van der Waals surface area (Å²) in [7, 11) is 0. The van der Waals surface area contributed by atoms with Crippen molar-refractivity contribution in [2.75, 3.05) is 13.2 Å². The lowest BCUT2D eigenvalue weighted by Gasteiger charge is -2.15. The third-order valence-corrected chi connectivity index (χ3v) is 7.17. The smallest absolute Gasteiger partial charge is 0.296 e. The van der Waals surface area contributed by atoms with Crippen LogP contribution in [0.15, 0.2) is 65.3 Å². The summed E-state index contributed by atoms with van der Waals surface area (Å²) in [5.41, 5.74) is 6.86. The van der Waals surface area contributed by atoms with Crippen molar-refractivity contribution in [3.05, 3.63) is 71.8 Å². The first kappa shape index (κ1) is 22.5. The Kier molecular flexibility index (Phi) is 5.46. The van der Waals surface area contributed by atoms with Gasteiger partial charge in [-0.1, -0.05) is 60.1 Å². The number of fused-ring (bicyclic) bond motifs is 2. The number of rotatable bonds is 5. The molecule has 2 aliphatic heterocycles. The average Bonchev–Trinajstić information content (AvgIpc) is 3.70. The van der Waals surface area contributed by atoms with E-state index in [0.29, 0.717) is 47.0 Å². The van der Waals surface area contributed by atoms with Gasteiger partial charge in [0, 0.05) is 24.7 Å². The van der Waals surface area contributed by atoms with Crippen LogP contribution in [-0.4, -0.2) is 51.5 Å². The maximum absolute atomic E-state index is 6.62. The van der Waals surface area contributed by atoms with Crippen molar-refractivity contribution >= 4 is 22.8 Å². The maximum atomic E-state index is 6.62. The lowest BCUT2D eigenvalue weighted by Crippen LogP contribution is -2.32. The van der Waals surface area contributed by atoms with E-state index in [0.717, 1.165) is 34.4 Å². The predicted octanol–water partition coefficient (Wildman–Crippen LogP) is 5.84. The number of nitrogens with one attached hydrogen (secondary N) is 1. The molecular formula is C28H23ClN4O4. The fraction of sp³-hybridized carbons (Fsp3) is 0.250. The van der Waals surface area contributed by atoms with E-state index in [1.807, 2.05) is 37.3 Å². The van der Waals surface area contributed by atoms with Gasteiger partial charge in [0.15, 0.2) is 17.6 Å². The third kappa shape index (κ3) is 4.17. The van der Waals surface area contributed by atoms with Crippen LogP contribution in [0.2, 0.25) is 5.02 Å². The predicted molar refractivity (Wildman–Crippen MR) is 139 cm³/mol. The lowest BCUT2D eigenvalue weighted by molar-refractivity contribution is 0.0273. The number of hydrogen-bond donors (Lipinski definition) is 1. The molecule has 0 amide bonds. The van der Waals surface area contributed by atoms with Gasteiger partial charge in [0.1, 0.15) is 18.1 Å². The number of aromatic nitrogens is 4. The van der Waals surface area contributed by atoms with Crippen molar-refractivity contribution in [2.24, 2.45) is 0 Å². The van der Waals surface area contributed by atoms with Crippen LogP contribution in [0.3, 0.4) is 0 Å². The molecule has 37 heavy (non-hydrogen) atoms. The number of hydrogen-bond acceptors (Lipinski definition) is 7. The molecule has 0 aliphatic carbocycles. The van der Waals surface area contributed by atoms with Crippen LogP contribution in [0.5, 0.6) is 6.01 Å². The van der Waals surface area contributed by atoms with E-state index < -0.39 is 0 Å². The summed E-state index contributed by atoms with van der Waals surface area (Å²) >= 11 is 6.62. The molecule has 5 heterocycles. The highest BCUT2D eigenvalue weighted by atomic mass is 35.5. The largest absolute Gasteiger partial charge is 0.456 e. The van der Waals surface area contributed by atoms with Gasteiger partial charge in [-0.25, -0.2) is 9.97 Å². The van der Waals surface area contributed by atoms with Crippen LogP contribution in [0, 0.1) is 6.92 Å². The molecule has 2 saturated heterocycles. The Morgan fingerprint density at radius 2 is 1.65 bits per heavy atom. The molecule has 1 unspecified atom stereocenters. The minimum atomic E-state index is -0.190. The quantitative estimate of drug-likeness (QED) is 0.314. The summed E-state index contributed by atoms with van der Waals surface area (Å²) in [4.78, 5) is 16.8. The first-order chi connectivity index (χ1) is 18.1. The molecule has 2 fully saturated rings. The standard InChI is InChI=1S/C28H23ClN4O4/c1-15-30-22(13-35-15)18-6-2-16(3-7-18)17-4-8-19(9-5-17)25-20(29)12-21-27(32-25)33-28(31-21)37-24-14-36-23-10-11-34-26(23)24/h2-9,12-13,23-24,26H,10-11,14H2,1H3,(H,31,32,33)/t23-,24?,26+/m1/s1. The van der Waals surface area contributed by atoms with Crippen molar-refractivity contribution in [1.29, 1.82) is 0 Å². The number of imidazole rings is 1. The molecule has 5 aromatic rings. The molecule has 0 saturated carbocycles. The van der Waals surface area contributed by atoms with Crippen LogP contribution in [0.4, 0.5) is 0 Å². The van der Waals surface area contributed by atoms with Gasteiger partial charge in [-0.2, -0.15) is 4.98 Å². The Labute approximate surface area is 217 Å². The second kappa shape index (κ2) is 8.99. The van der Waals surface area contributed by atoms with Crippen LogP contribution in [0.1, 0.15) is 12.3 Å². The van der Waals surface area contributed by atoms with Gasteiger partial charge in [0.25, 0.3) is 6.01 Å². The fourth-order valence-electron chi connectivity index (χ4n) is 4.98. The SMILES string of the molecule is Cc1nc(-c2ccc(-c3ccc(-c4nc5nc(OC6CO[C@@H]7CCO[C@H]67)[nH]c5cc4Cl)cc3)cc2)co1. The number of aryl methyl sites for hydroxylation is 1. The van der Waals surface area contributed by atoms with Crippen molar-refractivity contribution in [3.63, 3.8) is 0 Å². The van der Waals surface area contributed by atoms with Gasteiger partial charge in [-0.15, -0.1) is 0 Å². The molecule has 2 aliphatic rings. The lowest BCUT2D eigenvalue weighted by atomic mass is 10.0. The van der Waals surface area contributed by atoms with Crippen LogP contribution >= 0.6 is 11.6 Å². The normalized spacial score (nSPS) is 21.0. The van der Waals surface area contributed by atoms with Crippen LogP contribution < -0.4 is 4.74 Å². The number of nitrogens with zero attached hydrogens (tertiary/aromatic N) is 3. The molecular weight excluding hydrogens is 492 g/mol. The summed E-state index contributed by atoms with van der Waals surface area (Å²) in [6, 6.07) is 18.6. The van der Waals surface area contributed by atoms with Crippen molar-refractivity contribution in [2.45, 2.75) is 31.7 Å². The summed E-state index contributed by atoms with van der Waals surface area (Å²) in [6.07, 6.45) is 2.43. The number of oxazole rings is 1. The van der Waals surface area contributed by atoms with E-state index in [9.17, 15) is 0 Å². The number of aromatic amines is 1. The Balaban J connectivity index is 1.11. The van der Waals surface area contributed by atoms with E-state index in [-0.39, 0.29) is 18.3 Å². The van der Waals surface area contributed by atoms with Gasteiger partial charge >= 0.3 is 0 Å². The van der Waals surface area contributed by atoms with Gasteiger partial charge in [-0.3, -0.25) is 0 Å². The van der Waals surface area contributed by atoms with E-state index in [4.69, 9.17) is 35.2 Å². The molecule has 0 spiro atoms. The van der Waals surface area contributed by atoms with Gasteiger partial charge in [0.2, 0.25) is 0 Å². The zero-order valence-electron chi connectivity index (χ0n) is 20.0.